The predicted molar refractivity (Wildman–Crippen MR) is 73.2 cm³/mol. The Bertz CT molecular complexity index is 581. The molecule has 19 heavy (non-hydrogen) atoms. The van der Waals surface area contributed by atoms with Crippen LogP contribution in [0.2, 0.25) is 0 Å². The van der Waals surface area contributed by atoms with E-state index in [9.17, 15) is 10.1 Å². The topological polar surface area (TPSA) is 52.4 Å². The van der Waals surface area contributed by atoms with Gasteiger partial charge in [0.2, 0.25) is 0 Å². The van der Waals surface area contributed by atoms with Crippen molar-refractivity contribution in [1.29, 1.82) is 0 Å². The second-order valence-corrected chi connectivity index (χ2v) is 4.18. The van der Waals surface area contributed by atoms with Gasteiger partial charge in [-0.05, 0) is 30.2 Å². The number of nitro benzene ring substituents is 1. The van der Waals surface area contributed by atoms with E-state index in [0.29, 0.717) is 5.56 Å². The van der Waals surface area contributed by atoms with Gasteiger partial charge >= 0.3 is 0 Å². The van der Waals surface area contributed by atoms with E-state index in [0.717, 1.165) is 12.2 Å². The molecule has 0 saturated carbocycles. The van der Waals surface area contributed by atoms with Gasteiger partial charge in [0.05, 0.1) is 10.5 Å². The van der Waals surface area contributed by atoms with Crippen LogP contribution < -0.4 is 4.74 Å². The third kappa shape index (κ3) is 3.31. The molecule has 98 valence electrons. The number of nitro groups is 1. The molecular weight excluding hydrogens is 242 g/mol. The average Bonchev–Trinajstić information content (AvgIpc) is 2.45. The van der Waals surface area contributed by atoms with E-state index in [2.05, 4.69) is 6.92 Å². The number of ether oxygens (including phenoxy) is 1. The van der Waals surface area contributed by atoms with Crippen LogP contribution in [-0.4, -0.2) is 4.92 Å². The Morgan fingerprint density at radius 3 is 2.68 bits per heavy atom. The Morgan fingerprint density at radius 1 is 1.16 bits per heavy atom. The normalized spacial score (nSPS) is 10.2. The largest absolute Gasteiger partial charge is 0.489 e. The molecular formula is C15H15NO3. The van der Waals surface area contributed by atoms with Crippen LogP contribution in [0.1, 0.15) is 18.1 Å². The van der Waals surface area contributed by atoms with Crippen molar-refractivity contribution in [3.05, 3.63) is 69.8 Å². The van der Waals surface area contributed by atoms with Crippen LogP contribution in [0.4, 0.5) is 5.69 Å². The van der Waals surface area contributed by atoms with Gasteiger partial charge in [-0.2, -0.15) is 0 Å². The second kappa shape index (κ2) is 6.00. The summed E-state index contributed by atoms with van der Waals surface area (Å²) in [7, 11) is 0. The lowest BCUT2D eigenvalue weighted by molar-refractivity contribution is -0.385. The van der Waals surface area contributed by atoms with Crippen molar-refractivity contribution in [1.82, 2.24) is 0 Å². The maximum absolute atomic E-state index is 10.9. The molecule has 0 N–H and O–H groups in total. The summed E-state index contributed by atoms with van der Waals surface area (Å²) >= 11 is 0. The van der Waals surface area contributed by atoms with E-state index in [1.54, 1.807) is 18.2 Å². The van der Waals surface area contributed by atoms with Crippen LogP contribution in [0.5, 0.6) is 5.75 Å². The van der Waals surface area contributed by atoms with Crippen molar-refractivity contribution in [3.63, 3.8) is 0 Å². The van der Waals surface area contributed by atoms with Crippen LogP contribution >= 0.6 is 0 Å². The first-order valence-electron chi connectivity index (χ1n) is 6.14. The molecule has 4 nitrogen and oxygen atoms in total. The highest BCUT2D eigenvalue weighted by molar-refractivity contribution is 5.39. The number of para-hydroxylation sites is 1. The van der Waals surface area contributed by atoms with Gasteiger partial charge in [0, 0.05) is 6.07 Å². The number of hydrogen-bond acceptors (Lipinski definition) is 3. The molecule has 0 saturated heterocycles. The van der Waals surface area contributed by atoms with E-state index >= 15 is 0 Å². The SMILES string of the molecule is CCc1cccc(OCc2ccccc2[N+](=O)[O-])c1. The summed E-state index contributed by atoms with van der Waals surface area (Å²) < 4.78 is 5.62. The quantitative estimate of drug-likeness (QED) is 0.605. The zero-order chi connectivity index (χ0) is 13.7. The molecule has 0 unspecified atom stereocenters. The van der Waals surface area contributed by atoms with Gasteiger partial charge in [0.15, 0.2) is 0 Å². The van der Waals surface area contributed by atoms with Crippen molar-refractivity contribution in [2.75, 3.05) is 0 Å². The van der Waals surface area contributed by atoms with Crippen molar-refractivity contribution in [2.45, 2.75) is 20.0 Å². The van der Waals surface area contributed by atoms with Gasteiger partial charge in [-0.25, -0.2) is 0 Å². The zero-order valence-corrected chi connectivity index (χ0v) is 10.7. The van der Waals surface area contributed by atoms with Crippen LogP contribution in [-0.2, 0) is 13.0 Å². The fourth-order valence-electron chi connectivity index (χ4n) is 1.83. The summed E-state index contributed by atoms with van der Waals surface area (Å²) in [5.41, 5.74) is 1.85. The van der Waals surface area contributed by atoms with E-state index in [-0.39, 0.29) is 17.2 Å². The van der Waals surface area contributed by atoms with Crippen molar-refractivity contribution in [3.8, 4) is 5.75 Å². The van der Waals surface area contributed by atoms with Crippen molar-refractivity contribution in [2.24, 2.45) is 0 Å². The molecule has 2 rings (SSSR count). The Hall–Kier alpha value is -2.36. The van der Waals surface area contributed by atoms with Crippen molar-refractivity contribution >= 4 is 5.69 Å². The smallest absolute Gasteiger partial charge is 0.276 e. The molecule has 2 aromatic rings. The molecule has 4 heteroatoms. The van der Waals surface area contributed by atoms with E-state index in [1.165, 1.54) is 11.6 Å². The van der Waals surface area contributed by atoms with Gasteiger partial charge in [0.25, 0.3) is 5.69 Å². The molecule has 0 amide bonds. The maximum atomic E-state index is 10.9. The van der Waals surface area contributed by atoms with Crippen LogP contribution in [0.3, 0.4) is 0 Å². The van der Waals surface area contributed by atoms with E-state index in [4.69, 9.17) is 4.74 Å². The van der Waals surface area contributed by atoms with Gasteiger partial charge in [-0.1, -0.05) is 31.2 Å². The molecule has 2 aromatic carbocycles. The third-order valence-electron chi connectivity index (χ3n) is 2.89. The number of benzene rings is 2. The molecule has 0 fully saturated rings. The Balaban J connectivity index is 2.12. The zero-order valence-electron chi connectivity index (χ0n) is 10.7. The highest BCUT2D eigenvalue weighted by Crippen LogP contribution is 2.21. The summed E-state index contributed by atoms with van der Waals surface area (Å²) in [4.78, 5) is 10.5. The van der Waals surface area contributed by atoms with Gasteiger partial charge < -0.3 is 4.74 Å². The first-order chi connectivity index (χ1) is 9.20. The molecule has 0 bridgehead atoms. The second-order valence-electron chi connectivity index (χ2n) is 4.18. The Labute approximate surface area is 111 Å². The van der Waals surface area contributed by atoms with Gasteiger partial charge in [-0.3, -0.25) is 10.1 Å². The first kappa shape index (κ1) is 13.1. The number of rotatable bonds is 5. The van der Waals surface area contributed by atoms with Crippen LogP contribution in [0, 0.1) is 10.1 Å². The van der Waals surface area contributed by atoms with E-state index < -0.39 is 0 Å². The Kier molecular flexibility index (Phi) is 4.13. The third-order valence-corrected chi connectivity index (χ3v) is 2.89. The molecule has 0 atom stereocenters. The summed E-state index contributed by atoms with van der Waals surface area (Å²) in [5.74, 6) is 0.734. The molecule has 0 aliphatic heterocycles. The van der Waals surface area contributed by atoms with E-state index in [1.807, 2.05) is 24.3 Å². The minimum absolute atomic E-state index is 0.0918. The monoisotopic (exact) mass is 257 g/mol. The molecule has 0 radical (unpaired) electrons. The lowest BCUT2D eigenvalue weighted by atomic mass is 10.1. The minimum Gasteiger partial charge on any atom is -0.489 e. The lowest BCUT2D eigenvalue weighted by Crippen LogP contribution is -2.00. The van der Waals surface area contributed by atoms with Crippen LogP contribution in [0.25, 0.3) is 0 Å². The maximum Gasteiger partial charge on any atom is 0.276 e. The fourth-order valence-corrected chi connectivity index (χ4v) is 1.83. The average molecular weight is 257 g/mol. The highest BCUT2D eigenvalue weighted by atomic mass is 16.6. The molecule has 0 spiro atoms. The highest BCUT2D eigenvalue weighted by Gasteiger charge is 2.12. The lowest BCUT2D eigenvalue weighted by Gasteiger charge is -2.07. The summed E-state index contributed by atoms with van der Waals surface area (Å²) in [6, 6.07) is 14.4. The predicted octanol–water partition coefficient (Wildman–Crippen LogP) is 3.74. The number of hydrogen-bond donors (Lipinski definition) is 0. The standard InChI is InChI=1S/C15H15NO3/c1-2-12-6-5-8-14(10-12)19-11-13-7-3-4-9-15(13)16(17)18/h3-10H,2,11H2,1H3. The fraction of sp³-hybridized carbons (Fsp3) is 0.200. The van der Waals surface area contributed by atoms with Crippen molar-refractivity contribution < 1.29 is 9.66 Å². The van der Waals surface area contributed by atoms with Gasteiger partial charge in [0.1, 0.15) is 12.4 Å². The first-order valence-corrected chi connectivity index (χ1v) is 6.14. The minimum atomic E-state index is -0.388. The summed E-state index contributed by atoms with van der Waals surface area (Å²) in [5, 5.41) is 10.9. The molecule has 0 aliphatic carbocycles. The number of aryl methyl sites for hydroxylation is 1. The summed E-state index contributed by atoms with van der Waals surface area (Å²) in [6.45, 7) is 2.27. The van der Waals surface area contributed by atoms with Crippen LogP contribution in [0.15, 0.2) is 48.5 Å². The molecule has 0 aromatic heterocycles. The summed E-state index contributed by atoms with van der Waals surface area (Å²) in [6.07, 6.45) is 0.933. The number of nitrogens with zero attached hydrogens (tertiary/aromatic N) is 1. The van der Waals surface area contributed by atoms with Gasteiger partial charge in [-0.15, -0.1) is 0 Å². The molecule has 0 heterocycles. The Morgan fingerprint density at radius 2 is 1.95 bits per heavy atom. The molecule has 0 aliphatic rings.